The zero-order chi connectivity index (χ0) is 18.0. The Balaban J connectivity index is 1.72. The quantitative estimate of drug-likeness (QED) is 0.804. The monoisotopic (exact) mass is 352 g/mol. The van der Waals surface area contributed by atoms with E-state index in [1.165, 1.54) is 24.1 Å². The summed E-state index contributed by atoms with van der Waals surface area (Å²) in [4.78, 5) is 25.1. The average molecular weight is 352 g/mol. The number of benzene rings is 1. The molecule has 2 fully saturated rings. The van der Waals surface area contributed by atoms with Gasteiger partial charge in [0.1, 0.15) is 13.2 Å². The first kappa shape index (κ1) is 17.5. The fraction of sp³-hybridized carbons (Fsp3) is 0.529. The lowest BCUT2D eigenvalue weighted by atomic mass is 9.75. The van der Waals surface area contributed by atoms with E-state index in [9.17, 15) is 19.1 Å². The lowest BCUT2D eigenvalue weighted by Gasteiger charge is -2.38. The van der Waals surface area contributed by atoms with Gasteiger partial charge >= 0.3 is 6.09 Å². The van der Waals surface area contributed by atoms with E-state index in [-0.39, 0.29) is 30.7 Å². The molecule has 1 aliphatic carbocycles. The van der Waals surface area contributed by atoms with Gasteiger partial charge in [-0.15, -0.1) is 0 Å². The average Bonchev–Trinajstić information content (AvgIpc) is 2.95. The summed E-state index contributed by atoms with van der Waals surface area (Å²) in [5.74, 6) is -0.719. The summed E-state index contributed by atoms with van der Waals surface area (Å²) in [5, 5.41) is 12.4. The second-order valence-electron chi connectivity index (χ2n) is 6.36. The van der Waals surface area contributed by atoms with Gasteiger partial charge in [0.2, 0.25) is 5.91 Å². The van der Waals surface area contributed by atoms with Crippen molar-refractivity contribution in [1.29, 1.82) is 0 Å². The van der Waals surface area contributed by atoms with E-state index in [1.807, 2.05) is 0 Å². The Labute approximate surface area is 144 Å². The highest BCUT2D eigenvalue weighted by Gasteiger charge is 2.36. The van der Waals surface area contributed by atoms with E-state index in [1.54, 1.807) is 6.07 Å². The fourth-order valence-electron chi connectivity index (χ4n) is 3.21. The molecule has 1 aromatic rings. The largest absolute Gasteiger partial charge is 0.494 e. The number of aliphatic hydroxyl groups excluding tert-OH is 1. The SMILES string of the molecule is COc1ccc([C@H](NC(=O)CN2CCOC2=O)C2CC(O)C2)cc1F. The number of carbonyl (C=O) groups is 2. The van der Waals surface area contributed by atoms with Gasteiger partial charge in [-0.1, -0.05) is 6.07 Å². The van der Waals surface area contributed by atoms with Gasteiger partial charge in [-0.25, -0.2) is 9.18 Å². The number of halogens is 1. The molecule has 7 nitrogen and oxygen atoms in total. The van der Waals surface area contributed by atoms with Crippen molar-refractivity contribution in [1.82, 2.24) is 10.2 Å². The fourth-order valence-corrected chi connectivity index (χ4v) is 3.21. The number of aliphatic hydroxyl groups is 1. The van der Waals surface area contributed by atoms with E-state index in [0.717, 1.165) is 0 Å². The van der Waals surface area contributed by atoms with Gasteiger partial charge in [0.05, 0.1) is 25.8 Å². The molecule has 1 aliphatic heterocycles. The molecule has 2 amide bonds. The second-order valence-corrected chi connectivity index (χ2v) is 6.36. The molecular formula is C17H21FN2O5. The number of cyclic esters (lactones) is 1. The Hall–Kier alpha value is -2.35. The van der Waals surface area contributed by atoms with Crippen molar-refractivity contribution in [2.75, 3.05) is 26.8 Å². The number of hydrogen-bond donors (Lipinski definition) is 2. The minimum Gasteiger partial charge on any atom is -0.494 e. The van der Waals surface area contributed by atoms with Gasteiger partial charge < -0.3 is 19.9 Å². The number of ether oxygens (including phenoxy) is 2. The highest BCUT2D eigenvalue weighted by Crippen LogP contribution is 2.38. The Bertz CT molecular complexity index is 662. The van der Waals surface area contributed by atoms with Crippen LogP contribution in [0, 0.1) is 11.7 Å². The topological polar surface area (TPSA) is 88.1 Å². The predicted octanol–water partition coefficient (Wildman–Crippen LogP) is 1.21. The molecule has 2 aliphatic rings. The van der Waals surface area contributed by atoms with Crippen LogP contribution >= 0.6 is 0 Å². The first-order valence-corrected chi connectivity index (χ1v) is 8.20. The highest BCUT2D eigenvalue weighted by atomic mass is 19.1. The molecule has 0 unspecified atom stereocenters. The zero-order valence-corrected chi connectivity index (χ0v) is 13.9. The standard InChI is InChI=1S/C17H21FN2O5/c1-24-14-3-2-10(8-13(14)18)16(11-6-12(21)7-11)19-15(22)9-20-4-5-25-17(20)23/h2-3,8,11-12,16,21H,4-7,9H2,1H3,(H,19,22)/t11?,12?,16-/m0/s1. The third kappa shape index (κ3) is 3.84. The van der Waals surface area contributed by atoms with Gasteiger partial charge in [0.15, 0.2) is 11.6 Å². The van der Waals surface area contributed by atoms with Gasteiger partial charge in [0, 0.05) is 0 Å². The number of methoxy groups -OCH3 is 1. The first-order chi connectivity index (χ1) is 12.0. The van der Waals surface area contributed by atoms with E-state index in [0.29, 0.717) is 24.9 Å². The third-order valence-corrected chi connectivity index (χ3v) is 4.65. The van der Waals surface area contributed by atoms with Crippen LogP contribution in [0.3, 0.4) is 0 Å². The minimum absolute atomic E-state index is 0.0114. The summed E-state index contributed by atoms with van der Waals surface area (Å²) >= 11 is 0. The molecule has 1 aromatic carbocycles. The highest BCUT2D eigenvalue weighted by molar-refractivity contribution is 5.83. The Morgan fingerprint density at radius 1 is 1.52 bits per heavy atom. The molecule has 0 spiro atoms. The number of hydrogen-bond acceptors (Lipinski definition) is 5. The lowest BCUT2D eigenvalue weighted by Crippen LogP contribution is -2.45. The van der Waals surface area contributed by atoms with Crippen molar-refractivity contribution in [3.63, 3.8) is 0 Å². The smallest absolute Gasteiger partial charge is 0.410 e. The van der Waals surface area contributed by atoms with Gasteiger partial charge in [-0.3, -0.25) is 9.69 Å². The van der Waals surface area contributed by atoms with Gasteiger partial charge in [-0.05, 0) is 36.5 Å². The van der Waals surface area contributed by atoms with Crippen molar-refractivity contribution in [3.05, 3.63) is 29.6 Å². The molecule has 0 bridgehead atoms. The second kappa shape index (κ2) is 7.26. The Morgan fingerprint density at radius 2 is 2.28 bits per heavy atom. The maximum absolute atomic E-state index is 14.0. The van der Waals surface area contributed by atoms with Crippen LogP contribution in [0.4, 0.5) is 9.18 Å². The van der Waals surface area contributed by atoms with Crippen LogP contribution in [-0.2, 0) is 9.53 Å². The predicted molar refractivity (Wildman–Crippen MR) is 85.5 cm³/mol. The third-order valence-electron chi connectivity index (χ3n) is 4.65. The zero-order valence-electron chi connectivity index (χ0n) is 13.9. The number of amides is 2. The summed E-state index contributed by atoms with van der Waals surface area (Å²) < 4.78 is 23.8. The van der Waals surface area contributed by atoms with Crippen LogP contribution in [0.1, 0.15) is 24.4 Å². The summed E-state index contributed by atoms with van der Waals surface area (Å²) in [6.07, 6.45) is 0.150. The van der Waals surface area contributed by atoms with Crippen LogP contribution in [0.25, 0.3) is 0 Å². The van der Waals surface area contributed by atoms with Crippen LogP contribution in [-0.4, -0.2) is 54.9 Å². The minimum atomic E-state index is -0.513. The van der Waals surface area contributed by atoms with E-state index >= 15 is 0 Å². The van der Waals surface area contributed by atoms with E-state index in [4.69, 9.17) is 9.47 Å². The van der Waals surface area contributed by atoms with Crippen LogP contribution in [0.15, 0.2) is 18.2 Å². The Morgan fingerprint density at radius 3 is 2.84 bits per heavy atom. The van der Waals surface area contributed by atoms with Crippen LogP contribution in [0.5, 0.6) is 5.75 Å². The molecule has 1 saturated carbocycles. The molecule has 0 aromatic heterocycles. The summed E-state index contributed by atoms with van der Waals surface area (Å²) in [7, 11) is 1.38. The number of carbonyl (C=O) groups excluding carboxylic acids is 2. The molecule has 3 rings (SSSR count). The van der Waals surface area contributed by atoms with Crippen molar-refractivity contribution < 1.29 is 28.6 Å². The maximum Gasteiger partial charge on any atom is 0.410 e. The van der Waals surface area contributed by atoms with Crippen molar-refractivity contribution >= 4 is 12.0 Å². The van der Waals surface area contributed by atoms with Crippen molar-refractivity contribution in [3.8, 4) is 5.75 Å². The molecular weight excluding hydrogens is 331 g/mol. The number of rotatable bonds is 6. The molecule has 0 radical (unpaired) electrons. The van der Waals surface area contributed by atoms with E-state index < -0.39 is 24.1 Å². The van der Waals surface area contributed by atoms with Crippen molar-refractivity contribution in [2.24, 2.45) is 5.92 Å². The normalized spacial score (nSPS) is 23.6. The maximum atomic E-state index is 14.0. The molecule has 136 valence electrons. The molecule has 1 heterocycles. The van der Waals surface area contributed by atoms with Crippen LogP contribution < -0.4 is 10.1 Å². The van der Waals surface area contributed by atoms with Crippen LogP contribution in [0.2, 0.25) is 0 Å². The van der Waals surface area contributed by atoms with Gasteiger partial charge in [-0.2, -0.15) is 0 Å². The number of nitrogens with zero attached hydrogens (tertiary/aromatic N) is 1. The lowest BCUT2D eigenvalue weighted by molar-refractivity contribution is -0.123. The first-order valence-electron chi connectivity index (χ1n) is 8.20. The van der Waals surface area contributed by atoms with Gasteiger partial charge in [0.25, 0.3) is 0 Å². The Kier molecular flexibility index (Phi) is 5.08. The summed E-state index contributed by atoms with van der Waals surface area (Å²) in [5.41, 5.74) is 0.604. The molecule has 1 saturated heterocycles. The van der Waals surface area contributed by atoms with Crippen molar-refractivity contribution in [2.45, 2.75) is 25.0 Å². The van der Waals surface area contributed by atoms with E-state index in [2.05, 4.69) is 5.32 Å². The molecule has 2 N–H and O–H groups in total. The molecule has 8 heteroatoms. The molecule has 1 atom stereocenters. The summed E-state index contributed by atoms with van der Waals surface area (Å²) in [6.45, 7) is 0.535. The molecule has 25 heavy (non-hydrogen) atoms. The summed E-state index contributed by atoms with van der Waals surface area (Å²) in [6, 6.07) is 4.10. The number of nitrogens with one attached hydrogen (secondary N) is 1.